The average Bonchev–Trinajstić information content (AvgIpc) is 3.35. The second-order valence-electron chi connectivity index (χ2n) is 7.87. The Labute approximate surface area is 204 Å². The van der Waals surface area contributed by atoms with E-state index in [2.05, 4.69) is 27.4 Å². The van der Waals surface area contributed by atoms with Gasteiger partial charge in [-0.05, 0) is 66.6 Å². The molecule has 0 bridgehead atoms. The van der Waals surface area contributed by atoms with Crippen LogP contribution >= 0.6 is 0 Å². The van der Waals surface area contributed by atoms with Crippen molar-refractivity contribution in [3.8, 4) is 17.2 Å². The SMILES string of the molecule is N#Cc1cnc(C(=O)Nc2ccc(-c3ccc(N)cc3)cc2C2=CCCCC2)[nH]1.O=C(O)C(F)(F)F. The molecule has 0 saturated heterocycles. The summed E-state index contributed by atoms with van der Waals surface area (Å²) in [7, 11) is 0. The van der Waals surface area contributed by atoms with Crippen LogP contribution < -0.4 is 11.1 Å². The molecule has 1 heterocycles. The zero-order chi connectivity index (χ0) is 26.3. The van der Waals surface area contributed by atoms with Crippen LogP contribution in [0.3, 0.4) is 0 Å². The van der Waals surface area contributed by atoms with Gasteiger partial charge in [-0.1, -0.05) is 24.3 Å². The molecule has 36 heavy (non-hydrogen) atoms. The molecule has 5 N–H and O–H groups in total. The molecule has 0 spiro atoms. The predicted octanol–water partition coefficient (Wildman–Crippen LogP) is 5.37. The van der Waals surface area contributed by atoms with Crippen molar-refractivity contribution in [1.82, 2.24) is 9.97 Å². The van der Waals surface area contributed by atoms with Crippen LogP contribution in [0.2, 0.25) is 0 Å². The monoisotopic (exact) mass is 497 g/mol. The standard InChI is InChI=1S/C23H21N5O.C2HF3O2/c24-13-19-14-26-22(27-19)23(29)28-21-11-8-17(15-6-9-18(25)10-7-15)12-20(21)16-4-2-1-3-5-16;3-2(4,5)1(6)7/h4,6-12,14H,1-3,5,25H2,(H,26,27)(H,28,29);(H,6,7). The number of nitrogens with zero attached hydrogens (tertiary/aromatic N) is 2. The lowest BCUT2D eigenvalue weighted by molar-refractivity contribution is -0.192. The van der Waals surface area contributed by atoms with E-state index >= 15 is 0 Å². The summed E-state index contributed by atoms with van der Waals surface area (Å²) in [4.78, 5) is 28.2. The van der Waals surface area contributed by atoms with Gasteiger partial charge in [0.25, 0.3) is 5.91 Å². The van der Waals surface area contributed by atoms with Crippen molar-refractivity contribution in [1.29, 1.82) is 5.26 Å². The van der Waals surface area contributed by atoms with Crippen molar-refractivity contribution in [2.45, 2.75) is 31.9 Å². The minimum Gasteiger partial charge on any atom is -0.475 e. The second-order valence-corrected chi connectivity index (χ2v) is 7.87. The molecule has 0 saturated carbocycles. The number of halogens is 3. The number of carbonyl (C=O) groups excluding carboxylic acids is 1. The molecule has 0 atom stereocenters. The number of aromatic amines is 1. The van der Waals surface area contributed by atoms with E-state index in [0.29, 0.717) is 0 Å². The first-order chi connectivity index (χ1) is 17.1. The number of amides is 1. The number of H-pyrrole nitrogens is 1. The topological polar surface area (TPSA) is 145 Å². The molecule has 3 aromatic rings. The van der Waals surface area contributed by atoms with E-state index in [1.165, 1.54) is 18.2 Å². The van der Waals surface area contributed by atoms with Gasteiger partial charge in [-0.25, -0.2) is 9.78 Å². The number of aromatic nitrogens is 2. The first-order valence-electron chi connectivity index (χ1n) is 10.8. The van der Waals surface area contributed by atoms with E-state index in [-0.39, 0.29) is 17.4 Å². The number of alkyl halides is 3. The average molecular weight is 497 g/mol. The molecule has 1 amide bonds. The first kappa shape index (κ1) is 26.0. The summed E-state index contributed by atoms with van der Waals surface area (Å²) >= 11 is 0. The van der Waals surface area contributed by atoms with Crippen LogP contribution in [0.1, 0.15) is 47.6 Å². The van der Waals surface area contributed by atoms with Gasteiger partial charge in [0, 0.05) is 16.9 Å². The van der Waals surface area contributed by atoms with Gasteiger partial charge in [0.05, 0.1) is 6.20 Å². The molecule has 1 aromatic heterocycles. The fraction of sp³-hybridized carbons (Fsp3) is 0.200. The van der Waals surface area contributed by atoms with Gasteiger partial charge in [0.15, 0.2) is 5.82 Å². The highest BCUT2D eigenvalue weighted by molar-refractivity contribution is 6.03. The van der Waals surface area contributed by atoms with E-state index in [0.717, 1.165) is 47.3 Å². The van der Waals surface area contributed by atoms with Crippen LogP contribution in [-0.4, -0.2) is 33.1 Å². The molecule has 0 aliphatic heterocycles. The molecule has 0 unspecified atom stereocenters. The summed E-state index contributed by atoms with van der Waals surface area (Å²) in [5.41, 5.74) is 11.9. The van der Waals surface area contributed by atoms with E-state index in [4.69, 9.17) is 20.9 Å². The molecule has 4 rings (SSSR count). The number of carbonyl (C=O) groups is 2. The number of imidazole rings is 1. The van der Waals surface area contributed by atoms with Crippen LogP contribution in [0.5, 0.6) is 0 Å². The van der Waals surface area contributed by atoms with Crippen LogP contribution in [-0.2, 0) is 4.79 Å². The number of carboxylic acid groups (broad SMARTS) is 1. The van der Waals surface area contributed by atoms with Gasteiger partial charge in [0.2, 0.25) is 0 Å². The highest BCUT2D eigenvalue weighted by Crippen LogP contribution is 2.35. The molecule has 1 aliphatic rings. The molecular weight excluding hydrogens is 475 g/mol. The number of allylic oxidation sites excluding steroid dienone is 2. The van der Waals surface area contributed by atoms with E-state index < -0.39 is 12.1 Å². The minimum absolute atomic E-state index is 0.118. The predicted molar refractivity (Wildman–Crippen MR) is 128 cm³/mol. The normalized spacial score (nSPS) is 13.0. The number of aliphatic carboxylic acids is 1. The molecule has 2 aromatic carbocycles. The Bertz CT molecular complexity index is 1320. The lowest BCUT2D eigenvalue weighted by Gasteiger charge is -2.18. The maximum absolute atomic E-state index is 12.6. The van der Waals surface area contributed by atoms with Gasteiger partial charge in [-0.15, -0.1) is 0 Å². The summed E-state index contributed by atoms with van der Waals surface area (Å²) in [5, 5.41) is 19.0. The maximum atomic E-state index is 12.6. The third-order valence-electron chi connectivity index (χ3n) is 5.30. The largest absolute Gasteiger partial charge is 0.490 e. The first-order valence-corrected chi connectivity index (χ1v) is 10.8. The van der Waals surface area contributed by atoms with Crippen molar-refractivity contribution in [3.63, 3.8) is 0 Å². The summed E-state index contributed by atoms with van der Waals surface area (Å²) in [6.07, 6.45) is 2.86. The van der Waals surface area contributed by atoms with Crippen molar-refractivity contribution in [2.75, 3.05) is 11.1 Å². The molecule has 0 fully saturated rings. The Morgan fingerprint density at radius 2 is 1.78 bits per heavy atom. The zero-order valence-electron chi connectivity index (χ0n) is 18.9. The summed E-state index contributed by atoms with van der Waals surface area (Å²) in [6.45, 7) is 0. The number of nitrogen functional groups attached to an aromatic ring is 1. The third-order valence-corrected chi connectivity index (χ3v) is 5.30. The quantitative estimate of drug-likeness (QED) is 0.357. The highest BCUT2D eigenvalue weighted by Gasteiger charge is 2.38. The zero-order valence-corrected chi connectivity index (χ0v) is 18.9. The van der Waals surface area contributed by atoms with E-state index in [9.17, 15) is 18.0 Å². The van der Waals surface area contributed by atoms with E-state index in [1.54, 1.807) is 0 Å². The number of hydrogen-bond donors (Lipinski definition) is 4. The summed E-state index contributed by atoms with van der Waals surface area (Å²) < 4.78 is 31.7. The number of nitriles is 1. The van der Waals surface area contributed by atoms with Gasteiger partial charge in [-0.3, -0.25) is 4.79 Å². The fourth-order valence-corrected chi connectivity index (χ4v) is 3.53. The number of anilines is 2. The Kier molecular flexibility index (Phi) is 8.11. The number of nitrogens with two attached hydrogens (primary N) is 1. The van der Waals surface area contributed by atoms with Gasteiger partial charge < -0.3 is 21.1 Å². The van der Waals surface area contributed by atoms with Gasteiger partial charge in [0.1, 0.15) is 11.8 Å². The van der Waals surface area contributed by atoms with Crippen molar-refractivity contribution in [2.24, 2.45) is 0 Å². The Hall–Kier alpha value is -4.59. The summed E-state index contributed by atoms with van der Waals surface area (Å²) in [5.74, 6) is -3.01. The van der Waals surface area contributed by atoms with Crippen LogP contribution in [0.15, 0.2) is 54.7 Å². The lowest BCUT2D eigenvalue weighted by Crippen LogP contribution is -2.21. The number of rotatable bonds is 4. The van der Waals surface area contributed by atoms with Crippen molar-refractivity contribution in [3.05, 3.63) is 71.8 Å². The molecule has 1 aliphatic carbocycles. The van der Waals surface area contributed by atoms with Crippen LogP contribution in [0, 0.1) is 11.3 Å². The maximum Gasteiger partial charge on any atom is 0.490 e. The Morgan fingerprint density at radius 1 is 1.11 bits per heavy atom. The van der Waals surface area contributed by atoms with Crippen molar-refractivity contribution < 1.29 is 27.9 Å². The molecule has 11 heteroatoms. The summed E-state index contributed by atoms with van der Waals surface area (Å²) in [6, 6.07) is 15.7. The van der Waals surface area contributed by atoms with E-state index in [1.807, 2.05) is 42.5 Å². The molecule has 8 nitrogen and oxygen atoms in total. The molecule has 0 radical (unpaired) electrons. The van der Waals surface area contributed by atoms with Crippen LogP contribution in [0.25, 0.3) is 16.7 Å². The number of hydrogen-bond acceptors (Lipinski definition) is 5. The number of nitrogens with one attached hydrogen (secondary N) is 2. The Morgan fingerprint density at radius 3 is 2.33 bits per heavy atom. The van der Waals surface area contributed by atoms with Gasteiger partial charge >= 0.3 is 12.1 Å². The van der Waals surface area contributed by atoms with Gasteiger partial charge in [-0.2, -0.15) is 18.4 Å². The third kappa shape index (κ3) is 6.73. The number of benzene rings is 2. The lowest BCUT2D eigenvalue weighted by atomic mass is 9.90. The smallest absolute Gasteiger partial charge is 0.475 e. The fourth-order valence-electron chi connectivity index (χ4n) is 3.53. The van der Waals surface area contributed by atoms with Crippen molar-refractivity contribution >= 4 is 28.8 Å². The second kappa shape index (κ2) is 11.2. The molecule has 186 valence electrons. The molecular formula is C25H22F3N5O3. The Balaban J connectivity index is 0.000000454. The highest BCUT2D eigenvalue weighted by atomic mass is 19.4. The van der Waals surface area contributed by atoms with Crippen LogP contribution in [0.4, 0.5) is 24.5 Å². The number of carboxylic acids is 1. The minimum atomic E-state index is -5.08.